The second-order valence-corrected chi connectivity index (χ2v) is 35.1. The first kappa shape index (κ1) is 103. The number of hydrogen-bond acceptors (Lipinski definition) is 30. The summed E-state index contributed by atoms with van der Waals surface area (Å²) in [4.78, 5) is 172. The van der Waals surface area contributed by atoms with E-state index in [2.05, 4.69) is 65.3 Å². The van der Waals surface area contributed by atoms with Crippen LogP contribution in [0.5, 0.6) is 0 Å². The van der Waals surface area contributed by atoms with Gasteiger partial charge in [-0.25, -0.2) is 4.79 Å². The van der Waals surface area contributed by atoms with Crippen molar-refractivity contribution in [2.75, 3.05) is 92.1 Å². The smallest absolute Gasteiger partial charge is 0.334 e. The van der Waals surface area contributed by atoms with Gasteiger partial charge < -0.3 is 131 Å². The van der Waals surface area contributed by atoms with E-state index in [1.54, 1.807) is 20.8 Å². The molecule has 6 heterocycles. The summed E-state index contributed by atoms with van der Waals surface area (Å²) in [5, 5.41) is 92.1. The molecule has 6 fully saturated rings. The lowest BCUT2D eigenvalue weighted by atomic mass is 9.48. The van der Waals surface area contributed by atoms with E-state index in [-0.39, 0.29) is 190 Å². The van der Waals surface area contributed by atoms with E-state index in [1.165, 1.54) is 20.8 Å². The van der Waals surface area contributed by atoms with Crippen LogP contribution in [0.25, 0.3) is 0 Å². The number of ether oxygens (including phenoxy) is 10. The predicted molar refractivity (Wildman–Crippen MR) is 444 cm³/mol. The fourth-order valence-electron chi connectivity index (χ4n) is 18.6. The van der Waals surface area contributed by atoms with Gasteiger partial charge in [-0.05, 0) is 121 Å². The van der Waals surface area contributed by atoms with Crippen LogP contribution in [-0.2, 0) is 105 Å². The number of aliphatic hydroxyl groups excluding tert-OH is 6. The number of hydrogen-bond donors (Lipinski definition) is 16. The molecular weight excluding hydrogens is 1640 g/mol. The average molecular weight is 1780 g/mol. The number of cyclic esters (lactones) is 1. The molecule has 708 valence electrons. The molecule has 0 aromatic rings. The molecule has 0 radical (unpaired) electrons. The van der Waals surface area contributed by atoms with Crippen molar-refractivity contribution in [2.24, 2.45) is 22.4 Å². The number of carbonyl (C=O) groups excluding carboxylic acids is 12. The molecule has 2 unspecified atom stereocenters. The maximum atomic E-state index is 14.8. The second kappa shape index (κ2) is 49.8. The maximum Gasteiger partial charge on any atom is 0.334 e. The summed E-state index contributed by atoms with van der Waals surface area (Å²) in [6.07, 6.45) is -4.18. The molecule has 1 spiro atoms. The molecule has 16 N–H and O–H groups in total. The monoisotopic (exact) mass is 1780 g/mol. The fraction of sp³-hybridized carbons (Fsp3) is 0.835. The van der Waals surface area contributed by atoms with E-state index in [0.29, 0.717) is 115 Å². The molecule has 0 bridgehead atoms. The minimum absolute atomic E-state index is 0.0929. The largest absolute Gasteiger partial charge is 0.458 e. The fourth-order valence-corrected chi connectivity index (χ4v) is 18.6. The Balaban J connectivity index is 0.880. The predicted octanol–water partition coefficient (Wildman–Crippen LogP) is 0.152. The summed E-state index contributed by atoms with van der Waals surface area (Å²) >= 11 is 0. The van der Waals surface area contributed by atoms with Crippen LogP contribution in [0, 0.1) is 22.2 Å². The summed E-state index contributed by atoms with van der Waals surface area (Å²) in [5.74, 6) is -5.83. The van der Waals surface area contributed by atoms with Crippen molar-refractivity contribution < 1.29 is 136 Å². The highest BCUT2D eigenvalue weighted by Crippen LogP contribution is 2.74. The van der Waals surface area contributed by atoms with Crippen LogP contribution in [0.3, 0.4) is 0 Å². The Morgan fingerprint density at radius 2 is 1.02 bits per heavy atom. The molecule has 125 heavy (non-hydrogen) atoms. The van der Waals surface area contributed by atoms with Crippen LogP contribution < -0.4 is 53.2 Å². The van der Waals surface area contributed by atoms with E-state index in [1.807, 2.05) is 0 Å². The zero-order chi connectivity index (χ0) is 91.1. The second-order valence-electron chi connectivity index (χ2n) is 35.1. The molecule has 40 nitrogen and oxygen atoms in total. The van der Waals surface area contributed by atoms with Crippen molar-refractivity contribution >= 4 is 71.0 Å². The quantitative estimate of drug-likeness (QED) is 0.0167. The normalized spacial score (nSPS) is 30.1. The number of epoxide rings is 1. The molecule has 40 heteroatoms. The van der Waals surface area contributed by atoms with Gasteiger partial charge in [0.2, 0.25) is 59.1 Å². The van der Waals surface area contributed by atoms with Gasteiger partial charge in [0.15, 0.2) is 25.0 Å². The van der Waals surface area contributed by atoms with Gasteiger partial charge in [0.05, 0.1) is 63.2 Å². The molecule has 20 atom stereocenters. The molecule has 8 aliphatic rings. The van der Waals surface area contributed by atoms with Gasteiger partial charge in [-0.15, -0.1) is 0 Å². The summed E-state index contributed by atoms with van der Waals surface area (Å²) in [5.41, 5.74) is -4.76. The van der Waals surface area contributed by atoms with Crippen molar-refractivity contribution in [3.05, 3.63) is 16.1 Å². The van der Waals surface area contributed by atoms with Crippen molar-refractivity contribution in [3.8, 4) is 0 Å². The topological polar surface area (TPSA) is 572 Å². The lowest BCUT2D eigenvalue weighted by Crippen LogP contribution is -2.76. The summed E-state index contributed by atoms with van der Waals surface area (Å²) < 4.78 is 60.3. The molecule has 10 amide bonds. The zero-order valence-electron chi connectivity index (χ0n) is 73.7. The molecule has 0 aromatic heterocycles. The third-order valence-corrected chi connectivity index (χ3v) is 25.7. The summed E-state index contributed by atoms with van der Waals surface area (Å²) in [7, 11) is 0. The highest BCUT2D eigenvalue weighted by Gasteiger charge is 2.87. The van der Waals surface area contributed by atoms with Crippen LogP contribution in [-0.4, -0.2) is 302 Å². The third-order valence-electron chi connectivity index (χ3n) is 25.7. The van der Waals surface area contributed by atoms with Gasteiger partial charge in [-0.3, -0.25) is 52.7 Å². The first-order valence-corrected chi connectivity index (χ1v) is 44.9. The first-order chi connectivity index (χ1) is 59.7. The van der Waals surface area contributed by atoms with E-state index in [4.69, 9.17) is 47.4 Å². The Bertz CT molecular complexity index is 3630. The Morgan fingerprint density at radius 3 is 1.50 bits per heavy atom. The van der Waals surface area contributed by atoms with Crippen molar-refractivity contribution in [1.29, 1.82) is 0 Å². The standard InChI is InChI=1S/C85H139N11O29/c1-51(2)84(96-115)45-64-85(125-64)81(6)31-27-56-57(49-119-76(56)114)58(81)50-120-82(85,7)80(84)124-72(111)26-25-71(110)95-83(32-28-68(107)89-38-17-35-86-65(104)20-11-8-14-41-116-77-59(92-52(3)100)24-23-55(46-97)121-77,33-29-69(108)90-39-18-36-87-66(105)21-12-9-15-42-117-78-60(93-53(4)101)44-61(103)62(47-98)122-78)34-30-70(109)91-40-19-37-88-67(106)22-13-10-16-43-118-79-73(94-54(5)102)75(113)74(112)63(48-99)123-79/h51,55,58-64,73-75,77-80,97-99,103,112-113H,8-50H2,1-7H3,(H,86,104)(H,87,105)(H,88,106)(H,89,107)(H,90,108)(H,91,109)(H,92,100)(H,93,101)(H,94,102)(H,95,110)/t55-,58?,59+,60+,61+,62+,63+,64-,73+,74-,75+,77+,78+,79+,80-,81-,82+,83?,84+,85+/m0/s1. The van der Waals surface area contributed by atoms with Crippen LogP contribution >= 0.6 is 0 Å². The molecule has 5 saturated heterocycles. The Labute approximate surface area is 730 Å². The van der Waals surface area contributed by atoms with Gasteiger partial charge in [0.25, 0.3) is 0 Å². The van der Waals surface area contributed by atoms with Crippen LogP contribution in [0.1, 0.15) is 235 Å². The zero-order valence-corrected chi connectivity index (χ0v) is 73.7. The van der Waals surface area contributed by atoms with Gasteiger partial charge in [-0.1, -0.05) is 45.2 Å². The van der Waals surface area contributed by atoms with Gasteiger partial charge >= 0.3 is 11.9 Å². The highest BCUT2D eigenvalue weighted by molar-refractivity contribution is 5.92. The van der Waals surface area contributed by atoms with Crippen molar-refractivity contribution in [3.63, 3.8) is 0 Å². The number of esters is 2. The molecule has 6 aliphatic heterocycles. The first-order valence-electron chi connectivity index (χ1n) is 44.9. The van der Waals surface area contributed by atoms with E-state index >= 15 is 0 Å². The molecule has 8 rings (SSSR count). The van der Waals surface area contributed by atoms with Crippen molar-refractivity contribution in [2.45, 2.75) is 343 Å². The molecule has 2 aliphatic carbocycles. The Kier molecular flexibility index (Phi) is 41.0. The number of aliphatic hydroxyl groups is 6. The Morgan fingerprint density at radius 1 is 0.544 bits per heavy atom. The maximum absolute atomic E-state index is 14.8. The number of amides is 10. The van der Waals surface area contributed by atoms with E-state index in [9.17, 15) is 93.1 Å². The molecule has 0 aromatic carbocycles. The minimum atomic E-state index is -1.55. The number of fused-ring (bicyclic) bond motifs is 2. The number of nitrogens with zero attached hydrogens (tertiary/aromatic N) is 1. The molecule has 1 saturated carbocycles. The highest BCUT2D eigenvalue weighted by atomic mass is 16.7. The number of nitrogens with one attached hydrogen (secondary N) is 10. The third kappa shape index (κ3) is 28.7. The number of nitroso groups, excluding NO2 is 1. The van der Waals surface area contributed by atoms with Gasteiger partial charge in [0.1, 0.15) is 53.8 Å². The molecular formula is C85H139N11O29. The lowest BCUT2D eigenvalue weighted by Gasteiger charge is -2.62. The van der Waals surface area contributed by atoms with Crippen LogP contribution in [0.4, 0.5) is 0 Å². The van der Waals surface area contributed by atoms with Gasteiger partial charge in [-0.2, -0.15) is 4.91 Å². The summed E-state index contributed by atoms with van der Waals surface area (Å²) in [6, 6.07) is -2.07. The van der Waals surface area contributed by atoms with Crippen LogP contribution in [0.2, 0.25) is 0 Å². The summed E-state index contributed by atoms with van der Waals surface area (Å²) in [6.45, 7) is 12.1. The minimum Gasteiger partial charge on any atom is -0.458 e. The van der Waals surface area contributed by atoms with E-state index < -0.39 is 175 Å². The number of carbonyl (C=O) groups is 12. The number of rotatable bonds is 55. The van der Waals surface area contributed by atoms with Crippen LogP contribution in [0.15, 0.2) is 16.3 Å². The van der Waals surface area contributed by atoms with Crippen molar-refractivity contribution in [1.82, 2.24) is 53.2 Å². The lowest BCUT2D eigenvalue weighted by molar-refractivity contribution is -0.270. The SMILES string of the molecule is CC(=O)N[C@H]1[C@H](OCCCCCC(=O)NCCCNC(=O)CCC(CCC(=O)NCCCNC(=O)CCCCCO[C@@H]2O[C@H](CO)CC[C@H]2NC(C)=O)(CCC(=O)NCCCNC(=O)CCCCCO[C@@H]2O[C@H](CO)[C@H](O)C[C@H]2NC(C)=O)NC(=O)CCC(=O)O[C@@H]2[C@](N=O)(C(C)C)C[C@@H]3O[C@@]34[C@@]3(C)CCC5=C(COC5=O)C3CO[C@]24C)O[C@H](CO)[C@H](O)[C@@H]1O. The number of unbranched alkanes of at least 4 members (excludes halogenated alkanes) is 6. The van der Waals surface area contributed by atoms with Gasteiger partial charge in [0, 0.05) is 160 Å². The Hall–Kier alpha value is -7.58. The van der Waals surface area contributed by atoms with E-state index in [0.717, 1.165) is 5.57 Å². The average Bonchev–Trinajstić information content (AvgIpc) is 1.47.